The van der Waals surface area contributed by atoms with Crippen molar-refractivity contribution in [1.29, 1.82) is 0 Å². The zero-order valence-electron chi connectivity index (χ0n) is 18.5. The standard InChI is InChI=1S/C23H28FN5O2.HI/c1-17-26-10-11-29(17)22-9-8-18(14-21(22)24)16-27-23(25-2)28-19-6-4-7-20(15-19)31-13-5-12-30-3;/h4,6-11,14-15H,5,12-13,16H2,1-3H3,(H2,25,27,28);1H. The highest BCUT2D eigenvalue weighted by molar-refractivity contribution is 14.0. The van der Waals surface area contributed by atoms with E-state index in [2.05, 4.69) is 20.6 Å². The molecule has 1 heterocycles. The summed E-state index contributed by atoms with van der Waals surface area (Å²) in [6.45, 7) is 3.51. The average molecular weight is 553 g/mol. The first-order chi connectivity index (χ1) is 15.1. The van der Waals surface area contributed by atoms with Gasteiger partial charge in [-0.25, -0.2) is 9.37 Å². The van der Waals surface area contributed by atoms with E-state index in [1.165, 1.54) is 6.07 Å². The fourth-order valence-electron chi connectivity index (χ4n) is 3.05. The Morgan fingerprint density at radius 3 is 2.72 bits per heavy atom. The van der Waals surface area contributed by atoms with Gasteiger partial charge < -0.3 is 24.7 Å². The van der Waals surface area contributed by atoms with Gasteiger partial charge in [0.2, 0.25) is 0 Å². The Bertz CT molecular complexity index is 1030. The second kappa shape index (κ2) is 13.0. The van der Waals surface area contributed by atoms with Crippen LogP contribution in [0.1, 0.15) is 17.8 Å². The third-order valence-electron chi connectivity index (χ3n) is 4.64. The summed E-state index contributed by atoms with van der Waals surface area (Å²) in [5, 5.41) is 6.43. The number of anilines is 1. The molecular weight excluding hydrogens is 524 g/mol. The molecule has 7 nitrogen and oxygen atoms in total. The molecule has 2 N–H and O–H groups in total. The number of aryl methyl sites for hydroxylation is 1. The summed E-state index contributed by atoms with van der Waals surface area (Å²) in [7, 11) is 3.36. The number of benzene rings is 2. The number of hydrogen-bond acceptors (Lipinski definition) is 4. The number of nitrogens with zero attached hydrogens (tertiary/aromatic N) is 3. The second-order valence-electron chi connectivity index (χ2n) is 6.90. The van der Waals surface area contributed by atoms with E-state index in [1.807, 2.05) is 37.3 Å². The van der Waals surface area contributed by atoms with Crippen LogP contribution in [0.15, 0.2) is 59.9 Å². The van der Waals surface area contributed by atoms with Crippen LogP contribution in [0.4, 0.5) is 10.1 Å². The van der Waals surface area contributed by atoms with E-state index in [-0.39, 0.29) is 29.8 Å². The Morgan fingerprint density at radius 2 is 2.03 bits per heavy atom. The molecule has 0 amide bonds. The Balaban J connectivity index is 0.00000363. The molecule has 0 spiro atoms. The molecule has 0 aliphatic carbocycles. The van der Waals surface area contributed by atoms with Crippen LogP contribution in [0.2, 0.25) is 0 Å². The number of guanidine groups is 1. The van der Waals surface area contributed by atoms with Crippen LogP contribution in [0.25, 0.3) is 5.69 Å². The second-order valence-corrected chi connectivity index (χ2v) is 6.90. The first kappa shape index (κ1) is 25.6. The summed E-state index contributed by atoms with van der Waals surface area (Å²) in [6, 6.07) is 12.8. The molecule has 0 aliphatic rings. The fourth-order valence-corrected chi connectivity index (χ4v) is 3.05. The summed E-state index contributed by atoms with van der Waals surface area (Å²) < 4.78 is 27.1. The van der Waals surface area contributed by atoms with Crippen LogP contribution in [-0.2, 0) is 11.3 Å². The van der Waals surface area contributed by atoms with Crippen LogP contribution in [0.5, 0.6) is 5.75 Å². The molecule has 0 atom stereocenters. The Hall–Kier alpha value is -2.66. The number of ether oxygens (including phenoxy) is 2. The minimum Gasteiger partial charge on any atom is -0.493 e. The number of aromatic nitrogens is 2. The van der Waals surface area contributed by atoms with Crippen molar-refractivity contribution in [2.75, 3.05) is 32.7 Å². The van der Waals surface area contributed by atoms with Gasteiger partial charge in [-0.3, -0.25) is 4.99 Å². The summed E-state index contributed by atoms with van der Waals surface area (Å²) >= 11 is 0. The molecule has 1 aromatic heterocycles. The summed E-state index contributed by atoms with van der Waals surface area (Å²) in [5.41, 5.74) is 2.12. The lowest BCUT2D eigenvalue weighted by atomic mass is 10.2. The lowest BCUT2D eigenvalue weighted by molar-refractivity contribution is 0.172. The van der Waals surface area contributed by atoms with E-state index in [9.17, 15) is 4.39 Å². The van der Waals surface area contributed by atoms with Crippen molar-refractivity contribution >= 4 is 35.6 Å². The minimum atomic E-state index is -0.304. The summed E-state index contributed by atoms with van der Waals surface area (Å²) in [4.78, 5) is 8.38. The highest BCUT2D eigenvalue weighted by atomic mass is 127. The molecular formula is C23H29FIN5O2. The van der Waals surface area contributed by atoms with Crippen LogP contribution < -0.4 is 15.4 Å². The van der Waals surface area contributed by atoms with Gasteiger partial charge in [-0.05, 0) is 36.8 Å². The van der Waals surface area contributed by atoms with Crippen LogP contribution in [0, 0.1) is 12.7 Å². The zero-order chi connectivity index (χ0) is 22.1. The Labute approximate surface area is 205 Å². The molecule has 0 aliphatic heterocycles. The topological polar surface area (TPSA) is 72.7 Å². The van der Waals surface area contributed by atoms with Gasteiger partial charge in [0.1, 0.15) is 17.4 Å². The molecule has 0 unspecified atom stereocenters. The molecule has 3 rings (SSSR count). The third-order valence-corrected chi connectivity index (χ3v) is 4.64. The van der Waals surface area contributed by atoms with E-state index in [1.54, 1.807) is 37.2 Å². The quantitative estimate of drug-likeness (QED) is 0.176. The predicted octanol–water partition coefficient (Wildman–Crippen LogP) is 4.54. The van der Waals surface area contributed by atoms with Crippen LogP contribution >= 0.6 is 24.0 Å². The van der Waals surface area contributed by atoms with Crippen molar-refractivity contribution in [3.8, 4) is 11.4 Å². The average Bonchev–Trinajstić information content (AvgIpc) is 3.20. The van der Waals surface area contributed by atoms with Gasteiger partial charge >= 0.3 is 0 Å². The number of nitrogens with one attached hydrogen (secondary N) is 2. The predicted molar refractivity (Wildman–Crippen MR) is 136 cm³/mol. The number of imidazole rings is 1. The molecule has 172 valence electrons. The molecule has 9 heteroatoms. The van der Waals surface area contributed by atoms with Gasteiger partial charge in [0.15, 0.2) is 5.96 Å². The lowest BCUT2D eigenvalue weighted by Crippen LogP contribution is -2.30. The summed E-state index contributed by atoms with van der Waals surface area (Å²) in [5.74, 6) is 1.77. The van der Waals surface area contributed by atoms with Gasteiger partial charge in [0.25, 0.3) is 0 Å². The van der Waals surface area contributed by atoms with E-state index in [0.717, 1.165) is 29.2 Å². The summed E-state index contributed by atoms with van der Waals surface area (Å²) in [6.07, 6.45) is 4.22. The lowest BCUT2D eigenvalue weighted by Gasteiger charge is -2.14. The van der Waals surface area contributed by atoms with Gasteiger partial charge in [-0.2, -0.15) is 0 Å². The van der Waals surface area contributed by atoms with Crippen molar-refractivity contribution in [2.45, 2.75) is 19.9 Å². The maximum Gasteiger partial charge on any atom is 0.195 e. The number of halogens is 2. The molecule has 0 saturated carbocycles. The number of methoxy groups -OCH3 is 1. The highest BCUT2D eigenvalue weighted by Crippen LogP contribution is 2.18. The van der Waals surface area contributed by atoms with E-state index < -0.39 is 0 Å². The van der Waals surface area contributed by atoms with Crippen molar-refractivity contribution in [1.82, 2.24) is 14.9 Å². The molecule has 2 aromatic carbocycles. The van der Waals surface area contributed by atoms with Gasteiger partial charge in [-0.1, -0.05) is 12.1 Å². The molecule has 3 aromatic rings. The largest absolute Gasteiger partial charge is 0.493 e. The number of rotatable bonds is 9. The first-order valence-corrected chi connectivity index (χ1v) is 10.1. The van der Waals surface area contributed by atoms with Crippen molar-refractivity contribution in [3.63, 3.8) is 0 Å². The van der Waals surface area contributed by atoms with Crippen molar-refractivity contribution in [2.24, 2.45) is 4.99 Å². The fraction of sp³-hybridized carbons (Fsp3) is 0.304. The highest BCUT2D eigenvalue weighted by Gasteiger charge is 2.09. The van der Waals surface area contributed by atoms with Gasteiger partial charge in [-0.15, -0.1) is 24.0 Å². The zero-order valence-corrected chi connectivity index (χ0v) is 20.8. The molecule has 0 radical (unpaired) electrons. The van der Waals surface area contributed by atoms with Crippen molar-refractivity contribution in [3.05, 3.63) is 72.1 Å². The van der Waals surface area contributed by atoms with Crippen LogP contribution in [0.3, 0.4) is 0 Å². The first-order valence-electron chi connectivity index (χ1n) is 10.1. The third kappa shape index (κ3) is 7.20. The SMILES string of the molecule is CN=C(NCc1ccc(-n2ccnc2C)c(F)c1)Nc1cccc(OCCCOC)c1.I. The molecule has 0 saturated heterocycles. The maximum atomic E-state index is 14.6. The maximum absolute atomic E-state index is 14.6. The van der Waals surface area contributed by atoms with Gasteiger partial charge in [0, 0.05) is 57.9 Å². The van der Waals surface area contributed by atoms with E-state index >= 15 is 0 Å². The van der Waals surface area contributed by atoms with E-state index in [4.69, 9.17) is 9.47 Å². The van der Waals surface area contributed by atoms with Gasteiger partial charge in [0.05, 0.1) is 12.3 Å². The Kier molecular flexibility index (Phi) is 10.4. The smallest absolute Gasteiger partial charge is 0.195 e. The Morgan fingerprint density at radius 1 is 1.19 bits per heavy atom. The minimum absolute atomic E-state index is 0. The number of hydrogen-bond donors (Lipinski definition) is 2. The van der Waals surface area contributed by atoms with E-state index in [0.29, 0.717) is 31.4 Å². The van der Waals surface area contributed by atoms with Crippen LogP contribution in [-0.4, -0.2) is 42.9 Å². The number of aliphatic imine (C=N–C) groups is 1. The molecule has 32 heavy (non-hydrogen) atoms. The molecule has 0 bridgehead atoms. The monoisotopic (exact) mass is 553 g/mol. The molecule has 0 fully saturated rings. The normalized spacial score (nSPS) is 11.1. The van der Waals surface area contributed by atoms with Crippen molar-refractivity contribution < 1.29 is 13.9 Å².